The Balaban J connectivity index is 2.27. The summed E-state index contributed by atoms with van der Waals surface area (Å²) in [6, 6.07) is 4.82. The zero-order valence-electron chi connectivity index (χ0n) is 11.4. The molecule has 0 saturated carbocycles. The molecule has 0 bridgehead atoms. The first-order chi connectivity index (χ1) is 9.61. The van der Waals surface area contributed by atoms with Gasteiger partial charge in [0, 0.05) is 19.0 Å². The van der Waals surface area contributed by atoms with E-state index in [1.165, 1.54) is 6.07 Å². The van der Waals surface area contributed by atoms with Crippen LogP contribution in [-0.2, 0) is 6.42 Å². The largest absolute Gasteiger partial charge is 0.420 e. The summed E-state index contributed by atoms with van der Waals surface area (Å²) in [4.78, 5) is 10.6. The highest BCUT2D eigenvalue weighted by Gasteiger charge is 2.20. The monoisotopic (exact) mass is 276 g/mol. The fraction of sp³-hybridized carbons (Fsp3) is 0.385. The average Bonchev–Trinajstić information content (AvgIpc) is 2.87. The van der Waals surface area contributed by atoms with Crippen molar-refractivity contribution in [1.29, 1.82) is 0 Å². The molecule has 2 rings (SSSR count). The van der Waals surface area contributed by atoms with Crippen molar-refractivity contribution in [3.63, 3.8) is 0 Å². The summed E-state index contributed by atoms with van der Waals surface area (Å²) in [6.07, 6.45) is 0.598. The Labute approximate surface area is 116 Å². The van der Waals surface area contributed by atoms with Crippen LogP contribution in [0.5, 0.6) is 0 Å². The lowest BCUT2D eigenvalue weighted by molar-refractivity contribution is -0.384. The van der Waals surface area contributed by atoms with Crippen molar-refractivity contribution in [3.05, 3.63) is 39.8 Å². The van der Waals surface area contributed by atoms with E-state index >= 15 is 0 Å². The van der Waals surface area contributed by atoms with Crippen LogP contribution in [0.25, 0.3) is 11.5 Å². The second-order valence-corrected chi connectivity index (χ2v) is 4.38. The van der Waals surface area contributed by atoms with Crippen LogP contribution in [-0.4, -0.2) is 28.2 Å². The number of likely N-dealkylation sites (N-methyl/N-ethyl adjacent to an activating group) is 1. The number of nitrogens with one attached hydrogen (secondary N) is 1. The van der Waals surface area contributed by atoms with Crippen molar-refractivity contribution in [2.24, 2.45) is 0 Å². The standard InChI is InChI=1S/C13H16N4O3/c1-3-14-7-6-12-15-16-13(20-12)10-8-9(2)4-5-11(10)17(18)19/h4-5,8,14H,3,6-7H2,1-2H3. The third-order valence-electron chi connectivity index (χ3n) is 2.81. The van der Waals surface area contributed by atoms with Crippen molar-refractivity contribution < 1.29 is 9.34 Å². The molecule has 0 amide bonds. The molecule has 1 aromatic carbocycles. The van der Waals surface area contributed by atoms with Gasteiger partial charge in [-0.1, -0.05) is 13.0 Å². The first-order valence-electron chi connectivity index (χ1n) is 6.40. The Morgan fingerprint density at radius 3 is 2.90 bits per heavy atom. The second kappa shape index (κ2) is 6.25. The third kappa shape index (κ3) is 3.18. The highest BCUT2D eigenvalue weighted by molar-refractivity contribution is 5.67. The molecular formula is C13H16N4O3. The molecule has 0 aliphatic heterocycles. The van der Waals surface area contributed by atoms with Gasteiger partial charge in [-0.3, -0.25) is 10.1 Å². The van der Waals surface area contributed by atoms with E-state index in [1.54, 1.807) is 12.1 Å². The summed E-state index contributed by atoms with van der Waals surface area (Å²) in [5, 5.41) is 22.0. The lowest BCUT2D eigenvalue weighted by Crippen LogP contribution is -2.16. The molecule has 7 nitrogen and oxygen atoms in total. The summed E-state index contributed by atoms with van der Waals surface area (Å²) in [6.45, 7) is 5.46. The number of hydrogen-bond acceptors (Lipinski definition) is 6. The quantitative estimate of drug-likeness (QED) is 0.493. The molecule has 0 fully saturated rings. The number of nitro benzene ring substituents is 1. The zero-order chi connectivity index (χ0) is 14.5. The van der Waals surface area contributed by atoms with E-state index in [0.717, 1.165) is 18.7 Å². The zero-order valence-corrected chi connectivity index (χ0v) is 11.4. The molecule has 7 heteroatoms. The van der Waals surface area contributed by atoms with Gasteiger partial charge >= 0.3 is 0 Å². The number of rotatable bonds is 6. The van der Waals surface area contributed by atoms with Gasteiger partial charge in [0.15, 0.2) is 0 Å². The van der Waals surface area contributed by atoms with E-state index in [2.05, 4.69) is 15.5 Å². The first-order valence-corrected chi connectivity index (χ1v) is 6.40. The number of aromatic nitrogens is 2. The van der Waals surface area contributed by atoms with Gasteiger partial charge in [-0.2, -0.15) is 0 Å². The highest BCUT2D eigenvalue weighted by Crippen LogP contribution is 2.29. The van der Waals surface area contributed by atoms with Crippen LogP contribution in [0.2, 0.25) is 0 Å². The van der Waals surface area contributed by atoms with E-state index in [1.807, 2.05) is 13.8 Å². The van der Waals surface area contributed by atoms with Crippen LogP contribution in [0.15, 0.2) is 22.6 Å². The Bertz CT molecular complexity index is 609. The number of hydrogen-bond donors (Lipinski definition) is 1. The van der Waals surface area contributed by atoms with Gasteiger partial charge in [0.05, 0.1) is 4.92 Å². The van der Waals surface area contributed by atoms with Gasteiger partial charge in [0.25, 0.3) is 11.6 Å². The fourth-order valence-electron chi connectivity index (χ4n) is 1.82. The minimum absolute atomic E-state index is 0.0301. The number of nitrogens with zero attached hydrogens (tertiary/aromatic N) is 3. The molecule has 2 aromatic rings. The van der Waals surface area contributed by atoms with E-state index in [4.69, 9.17) is 4.42 Å². The minimum atomic E-state index is -0.447. The maximum atomic E-state index is 11.0. The van der Waals surface area contributed by atoms with Gasteiger partial charge < -0.3 is 9.73 Å². The molecule has 1 heterocycles. The molecule has 0 aliphatic carbocycles. The van der Waals surface area contributed by atoms with Gasteiger partial charge in [0.1, 0.15) is 5.56 Å². The lowest BCUT2D eigenvalue weighted by Gasteiger charge is -2.00. The molecule has 106 valence electrons. The summed E-state index contributed by atoms with van der Waals surface area (Å²) in [7, 11) is 0. The van der Waals surface area contributed by atoms with Crippen LogP contribution in [0.3, 0.4) is 0 Å². The molecule has 1 N–H and O–H groups in total. The Hall–Kier alpha value is -2.28. The SMILES string of the molecule is CCNCCc1nnc(-c2cc(C)ccc2[N+](=O)[O-])o1. The molecule has 0 saturated heterocycles. The Morgan fingerprint density at radius 1 is 1.40 bits per heavy atom. The molecular weight excluding hydrogens is 260 g/mol. The van der Waals surface area contributed by atoms with E-state index in [-0.39, 0.29) is 11.6 Å². The summed E-state index contributed by atoms with van der Waals surface area (Å²) in [5.41, 5.74) is 1.23. The molecule has 0 atom stereocenters. The minimum Gasteiger partial charge on any atom is -0.420 e. The molecule has 0 spiro atoms. The number of aryl methyl sites for hydroxylation is 1. The summed E-state index contributed by atoms with van der Waals surface area (Å²) < 4.78 is 5.50. The topological polar surface area (TPSA) is 94.1 Å². The van der Waals surface area contributed by atoms with Crippen LogP contribution < -0.4 is 5.32 Å². The maximum Gasteiger partial charge on any atom is 0.282 e. The number of nitro groups is 1. The average molecular weight is 276 g/mol. The summed E-state index contributed by atoms with van der Waals surface area (Å²) in [5.74, 6) is 0.656. The van der Waals surface area contributed by atoms with Crippen molar-refractivity contribution >= 4 is 5.69 Å². The van der Waals surface area contributed by atoms with Crippen LogP contribution in [0.1, 0.15) is 18.4 Å². The lowest BCUT2D eigenvalue weighted by atomic mass is 10.1. The predicted octanol–water partition coefficient (Wildman–Crippen LogP) is 2.11. The normalized spacial score (nSPS) is 10.7. The molecule has 0 aliphatic rings. The van der Waals surface area contributed by atoms with Crippen molar-refractivity contribution in [3.8, 4) is 11.5 Å². The van der Waals surface area contributed by atoms with Crippen molar-refractivity contribution in [2.45, 2.75) is 20.3 Å². The number of benzene rings is 1. The maximum absolute atomic E-state index is 11.0. The van der Waals surface area contributed by atoms with E-state index < -0.39 is 4.92 Å². The van der Waals surface area contributed by atoms with Gasteiger partial charge in [-0.15, -0.1) is 10.2 Å². The van der Waals surface area contributed by atoms with Crippen molar-refractivity contribution in [2.75, 3.05) is 13.1 Å². The van der Waals surface area contributed by atoms with Gasteiger partial charge in [-0.25, -0.2) is 0 Å². The van der Waals surface area contributed by atoms with Crippen LogP contribution in [0.4, 0.5) is 5.69 Å². The molecule has 0 radical (unpaired) electrons. The van der Waals surface area contributed by atoms with E-state index in [9.17, 15) is 10.1 Å². The molecule has 20 heavy (non-hydrogen) atoms. The highest BCUT2D eigenvalue weighted by atomic mass is 16.6. The Morgan fingerprint density at radius 2 is 2.20 bits per heavy atom. The smallest absolute Gasteiger partial charge is 0.282 e. The predicted molar refractivity (Wildman–Crippen MR) is 73.4 cm³/mol. The van der Waals surface area contributed by atoms with Gasteiger partial charge in [-0.05, 0) is 25.1 Å². The first kappa shape index (κ1) is 14.1. The van der Waals surface area contributed by atoms with Gasteiger partial charge in [0.2, 0.25) is 5.89 Å². The third-order valence-corrected chi connectivity index (χ3v) is 2.81. The Kier molecular flexibility index (Phi) is 4.41. The van der Waals surface area contributed by atoms with E-state index in [0.29, 0.717) is 17.9 Å². The van der Waals surface area contributed by atoms with Crippen molar-refractivity contribution in [1.82, 2.24) is 15.5 Å². The fourth-order valence-corrected chi connectivity index (χ4v) is 1.82. The second-order valence-electron chi connectivity index (χ2n) is 4.38. The van der Waals surface area contributed by atoms with Crippen LogP contribution >= 0.6 is 0 Å². The molecule has 1 aromatic heterocycles. The summed E-state index contributed by atoms with van der Waals surface area (Å²) >= 11 is 0. The molecule has 0 unspecified atom stereocenters. The van der Waals surface area contributed by atoms with Crippen LogP contribution in [0, 0.1) is 17.0 Å².